The molecule has 0 N–H and O–H groups in total. The fourth-order valence-corrected chi connectivity index (χ4v) is 2.48. The molecule has 1 aromatic carbocycles. The minimum Gasteiger partial charge on any atom is -0.463 e. The zero-order valence-electron chi connectivity index (χ0n) is 13.3. The molecule has 0 aromatic heterocycles. The molecule has 0 radical (unpaired) electrons. The maximum absolute atomic E-state index is 12.3. The number of esters is 1. The van der Waals surface area contributed by atoms with Crippen molar-refractivity contribution in [3.8, 4) is 0 Å². The number of amides is 1. The first kappa shape index (κ1) is 17.2. The monoisotopic (exact) mass is 293 g/mol. The molecule has 1 heterocycles. The lowest BCUT2D eigenvalue weighted by molar-refractivity contribution is -0.146. The number of rotatable bonds is 4. The maximum atomic E-state index is 12.3. The minimum absolute atomic E-state index is 0.0835. The van der Waals surface area contributed by atoms with Gasteiger partial charge >= 0.3 is 5.97 Å². The highest BCUT2D eigenvalue weighted by Gasteiger charge is 2.48. The third-order valence-electron chi connectivity index (χ3n) is 3.50. The Morgan fingerprint density at radius 2 is 1.86 bits per heavy atom. The van der Waals surface area contributed by atoms with E-state index >= 15 is 0 Å². The standard InChI is InChI=1S/C14H17NO4.C2H6/c1-10(16)19-9-14(8-18-3)12-7-5-4-6-11(12)13(17)15(14)2;1-2/h4-7H,8-9H2,1-3H3;1-2H3. The van der Waals surface area contributed by atoms with Gasteiger partial charge in [-0.2, -0.15) is 0 Å². The normalized spacial score (nSPS) is 19.7. The van der Waals surface area contributed by atoms with Crippen LogP contribution in [0.5, 0.6) is 0 Å². The predicted octanol–water partition coefficient (Wildman–Crippen LogP) is 2.20. The van der Waals surface area contributed by atoms with Crippen LogP contribution in [0.4, 0.5) is 0 Å². The number of hydrogen-bond acceptors (Lipinski definition) is 4. The zero-order valence-corrected chi connectivity index (χ0v) is 13.3. The zero-order chi connectivity index (χ0) is 16.0. The van der Waals surface area contributed by atoms with Crippen LogP contribution < -0.4 is 0 Å². The van der Waals surface area contributed by atoms with Crippen molar-refractivity contribution in [2.75, 3.05) is 27.4 Å². The Balaban J connectivity index is 0.00000106. The minimum atomic E-state index is -0.742. The van der Waals surface area contributed by atoms with Gasteiger partial charge in [-0.05, 0) is 11.6 Å². The topological polar surface area (TPSA) is 55.8 Å². The molecule has 0 saturated carbocycles. The van der Waals surface area contributed by atoms with Gasteiger partial charge in [-0.3, -0.25) is 9.59 Å². The van der Waals surface area contributed by atoms with E-state index in [0.717, 1.165) is 5.56 Å². The number of carbonyl (C=O) groups excluding carboxylic acids is 2. The van der Waals surface area contributed by atoms with Crippen LogP contribution in [0.1, 0.15) is 36.7 Å². The molecule has 0 bridgehead atoms. The molecule has 0 aliphatic carbocycles. The second-order valence-electron chi connectivity index (χ2n) is 4.65. The van der Waals surface area contributed by atoms with E-state index in [1.54, 1.807) is 25.1 Å². The van der Waals surface area contributed by atoms with Gasteiger partial charge in [0.1, 0.15) is 12.1 Å². The first-order valence-electron chi connectivity index (χ1n) is 7.03. The summed E-state index contributed by atoms with van der Waals surface area (Å²) >= 11 is 0. The van der Waals surface area contributed by atoms with Gasteiger partial charge in [0.15, 0.2) is 0 Å². The van der Waals surface area contributed by atoms with Crippen molar-refractivity contribution in [2.24, 2.45) is 0 Å². The summed E-state index contributed by atoms with van der Waals surface area (Å²) in [5.41, 5.74) is 0.730. The van der Waals surface area contributed by atoms with Crippen LogP contribution in [0.15, 0.2) is 24.3 Å². The Kier molecular flexibility index (Phi) is 5.90. The smallest absolute Gasteiger partial charge is 0.302 e. The Morgan fingerprint density at radius 3 is 2.43 bits per heavy atom. The van der Waals surface area contributed by atoms with Crippen molar-refractivity contribution in [3.05, 3.63) is 35.4 Å². The van der Waals surface area contributed by atoms with E-state index in [-0.39, 0.29) is 25.1 Å². The summed E-state index contributed by atoms with van der Waals surface area (Å²) < 4.78 is 10.4. The van der Waals surface area contributed by atoms with Gasteiger partial charge in [-0.25, -0.2) is 0 Å². The van der Waals surface area contributed by atoms with Crippen LogP contribution in [-0.4, -0.2) is 44.1 Å². The molecular weight excluding hydrogens is 270 g/mol. The SMILES string of the molecule is CC.COCC1(COC(C)=O)c2ccccc2C(=O)N1C. The maximum Gasteiger partial charge on any atom is 0.302 e. The fraction of sp³-hybridized carbons (Fsp3) is 0.500. The first-order valence-corrected chi connectivity index (χ1v) is 7.03. The highest BCUT2D eigenvalue weighted by molar-refractivity contribution is 6.00. The number of likely N-dealkylation sites (N-methyl/N-ethyl adjacent to an activating group) is 1. The Morgan fingerprint density at radius 1 is 1.24 bits per heavy atom. The molecule has 1 aliphatic rings. The Labute approximate surface area is 125 Å². The number of ether oxygens (including phenoxy) is 2. The largest absolute Gasteiger partial charge is 0.463 e. The van der Waals surface area contributed by atoms with Crippen molar-refractivity contribution in [2.45, 2.75) is 26.3 Å². The third kappa shape index (κ3) is 3.08. The average molecular weight is 293 g/mol. The van der Waals surface area contributed by atoms with Crippen molar-refractivity contribution >= 4 is 11.9 Å². The Hall–Kier alpha value is -1.88. The van der Waals surface area contributed by atoms with Crippen molar-refractivity contribution in [1.29, 1.82) is 0 Å². The summed E-state index contributed by atoms with van der Waals surface area (Å²) in [5.74, 6) is -0.458. The van der Waals surface area contributed by atoms with E-state index in [4.69, 9.17) is 9.47 Å². The van der Waals surface area contributed by atoms with E-state index in [9.17, 15) is 9.59 Å². The van der Waals surface area contributed by atoms with Crippen LogP contribution in [0.2, 0.25) is 0 Å². The average Bonchev–Trinajstić information content (AvgIpc) is 2.71. The van der Waals surface area contributed by atoms with Gasteiger partial charge in [0.05, 0.1) is 6.61 Å². The van der Waals surface area contributed by atoms with Crippen LogP contribution in [-0.2, 0) is 19.8 Å². The molecule has 1 aromatic rings. The third-order valence-corrected chi connectivity index (χ3v) is 3.50. The molecule has 1 amide bonds. The van der Waals surface area contributed by atoms with Gasteiger partial charge in [-0.15, -0.1) is 0 Å². The second-order valence-corrected chi connectivity index (χ2v) is 4.65. The molecule has 0 fully saturated rings. The summed E-state index contributed by atoms with van der Waals surface area (Å²) in [4.78, 5) is 24.9. The lowest BCUT2D eigenvalue weighted by Gasteiger charge is -2.35. The van der Waals surface area contributed by atoms with E-state index < -0.39 is 5.54 Å². The van der Waals surface area contributed by atoms with Crippen LogP contribution in [0, 0.1) is 0 Å². The number of nitrogens with zero attached hydrogens (tertiary/aromatic N) is 1. The predicted molar refractivity (Wildman–Crippen MR) is 80.1 cm³/mol. The quantitative estimate of drug-likeness (QED) is 0.799. The Bertz CT molecular complexity index is 515. The summed E-state index contributed by atoms with van der Waals surface area (Å²) in [6.07, 6.45) is 0. The number of fused-ring (bicyclic) bond motifs is 1. The van der Waals surface area contributed by atoms with Gasteiger partial charge in [0.25, 0.3) is 5.91 Å². The van der Waals surface area contributed by atoms with Crippen molar-refractivity contribution in [1.82, 2.24) is 4.90 Å². The second kappa shape index (κ2) is 7.22. The van der Waals surface area contributed by atoms with Crippen molar-refractivity contribution < 1.29 is 19.1 Å². The highest BCUT2D eigenvalue weighted by atomic mass is 16.5. The molecule has 116 valence electrons. The van der Waals surface area contributed by atoms with E-state index in [1.165, 1.54) is 6.92 Å². The van der Waals surface area contributed by atoms with E-state index in [2.05, 4.69) is 0 Å². The molecule has 0 saturated heterocycles. The van der Waals surface area contributed by atoms with E-state index in [1.807, 2.05) is 32.0 Å². The molecular formula is C16H23NO4. The fourth-order valence-electron chi connectivity index (χ4n) is 2.48. The van der Waals surface area contributed by atoms with Gasteiger partial charge < -0.3 is 14.4 Å². The van der Waals surface area contributed by atoms with Gasteiger partial charge in [-0.1, -0.05) is 32.0 Å². The highest BCUT2D eigenvalue weighted by Crippen LogP contribution is 2.38. The molecule has 1 aliphatic heterocycles. The van der Waals surface area contributed by atoms with Crippen LogP contribution >= 0.6 is 0 Å². The van der Waals surface area contributed by atoms with Gasteiger partial charge in [0, 0.05) is 26.6 Å². The number of methoxy groups -OCH3 is 1. The lowest BCUT2D eigenvalue weighted by Crippen LogP contribution is -2.48. The number of benzene rings is 1. The number of carbonyl (C=O) groups is 2. The molecule has 1 atom stereocenters. The van der Waals surface area contributed by atoms with E-state index in [0.29, 0.717) is 5.56 Å². The molecule has 5 nitrogen and oxygen atoms in total. The summed E-state index contributed by atoms with van der Waals surface area (Å²) in [6, 6.07) is 7.33. The van der Waals surface area contributed by atoms with Crippen LogP contribution in [0.3, 0.4) is 0 Å². The summed E-state index contributed by atoms with van der Waals surface area (Å²) in [5, 5.41) is 0. The lowest BCUT2D eigenvalue weighted by atomic mass is 9.91. The molecule has 2 rings (SSSR count). The summed E-state index contributed by atoms with van der Waals surface area (Å²) in [7, 11) is 3.26. The van der Waals surface area contributed by atoms with Gasteiger partial charge in [0.2, 0.25) is 0 Å². The molecule has 5 heteroatoms. The number of hydrogen-bond donors (Lipinski definition) is 0. The molecule has 21 heavy (non-hydrogen) atoms. The van der Waals surface area contributed by atoms with Crippen molar-refractivity contribution in [3.63, 3.8) is 0 Å². The first-order chi connectivity index (χ1) is 10.0. The molecule has 1 unspecified atom stereocenters. The summed E-state index contributed by atoms with van der Waals surface area (Å²) in [6.45, 7) is 5.72. The molecule has 0 spiro atoms. The van der Waals surface area contributed by atoms with Crippen LogP contribution in [0.25, 0.3) is 0 Å².